The van der Waals surface area contributed by atoms with Crippen LogP contribution >= 0.6 is 0 Å². The molecule has 0 aromatic carbocycles. The van der Waals surface area contributed by atoms with Gasteiger partial charge in [-0.05, 0) is 98.0 Å². The number of unbranched alkanes of at least 4 members (excludes halogenated alkanes) is 1. The first kappa shape index (κ1) is 26.4. The number of aliphatic hydroxyl groups is 1. The summed E-state index contributed by atoms with van der Waals surface area (Å²) >= 11 is 0. The van der Waals surface area contributed by atoms with Gasteiger partial charge in [-0.1, -0.05) is 58.7 Å². The second-order valence-electron chi connectivity index (χ2n) is 8.14. The SMILES string of the molecule is C=CC/C(=C/CC/C(C)=C/CC/C=C(\C)CC/C=C(\C)CCC=C(C)C)CO. The molecule has 0 aliphatic carbocycles. The summed E-state index contributed by atoms with van der Waals surface area (Å²) in [4.78, 5) is 0. The normalized spacial score (nSPS) is 13.6. The minimum Gasteiger partial charge on any atom is -0.392 e. The van der Waals surface area contributed by atoms with Crippen molar-refractivity contribution in [2.24, 2.45) is 0 Å². The summed E-state index contributed by atoms with van der Waals surface area (Å²) in [6.45, 7) is 14.9. The summed E-state index contributed by atoms with van der Waals surface area (Å²) in [7, 11) is 0. The molecule has 1 N–H and O–H groups in total. The zero-order valence-electron chi connectivity index (χ0n) is 19.2. The summed E-state index contributed by atoms with van der Waals surface area (Å²) in [6, 6.07) is 0. The maximum absolute atomic E-state index is 9.25. The van der Waals surface area contributed by atoms with E-state index in [0.29, 0.717) is 0 Å². The van der Waals surface area contributed by atoms with Gasteiger partial charge in [0.15, 0.2) is 0 Å². The smallest absolute Gasteiger partial charge is 0.0644 e. The minimum atomic E-state index is 0.142. The number of allylic oxidation sites excluding steroid dienone is 10. The highest BCUT2D eigenvalue weighted by Gasteiger charge is 1.95. The minimum absolute atomic E-state index is 0.142. The van der Waals surface area contributed by atoms with E-state index in [1.807, 2.05) is 6.08 Å². The first-order chi connectivity index (χ1) is 13.4. The summed E-state index contributed by atoms with van der Waals surface area (Å²) in [5.74, 6) is 0. The van der Waals surface area contributed by atoms with E-state index in [1.54, 1.807) is 0 Å². The van der Waals surface area contributed by atoms with Crippen molar-refractivity contribution in [3.63, 3.8) is 0 Å². The predicted molar refractivity (Wildman–Crippen MR) is 128 cm³/mol. The van der Waals surface area contributed by atoms with Crippen LogP contribution < -0.4 is 0 Å². The highest BCUT2D eigenvalue weighted by molar-refractivity contribution is 5.09. The molecule has 0 spiro atoms. The zero-order valence-corrected chi connectivity index (χ0v) is 19.2. The molecule has 0 aliphatic rings. The van der Waals surface area contributed by atoms with Crippen LogP contribution in [0.5, 0.6) is 0 Å². The van der Waals surface area contributed by atoms with Crippen LogP contribution in [0.2, 0.25) is 0 Å². The van der Waals surface area contributed by atoms with E-state index >= 15 is 0 Å². The van der Waals surface area contributed by atoms with Gasteiger partial charge in [-0.15, -0.1) is 6.58 Å². The van der Waals surface area contributed by atoms with Crippen LogP contribution in [0.4, 0.5) is 0 Å². The molecular formula is C27H44O. The van der Waals surface area contributed by atoms with Gasteiger partial charge in [-0.25, -0.2) is 0 Å². The maximum atomic E-state index is 9.25. The standard InChI is InChI=1S/C27H44O/c1-7-13-27(22-28)21-12-20-25(5)16-9-8-15-24(4)18-11-19-26(6)17-10-14-23(2)3/h7,14-16,19,21,28H,1,8-13,17-18,20,22H2,2-6H3/b24-15+,25-16+,26-19+,27-21-. The molecule has 1 nitrogen and oxygen atoms in total. The van der Waals surface area contributed by atoms with E-state index in [2.05, 4.69) is 71.6 Å². The van der Waals surface area contributed by atoms with Crippen LogP contribution in [0.25, 0.3) is 0 Å². The molecule has 0 amide bonds. The summed E-state index contributed by atoms with van der Waals surface area (Å²) in [5, 5.41) is 9.25. The molecule has 0 radical (unpaired) electrons. The molecule has 0 saturated heterocycles. The third-order valence-electron chi connectivity index (χ3n) is 4.86. The largest absolute Gasteiger partial charge is 0.392 e. The molecule has 0 heterocycles. The fourth-order valence-electron chi connectivity index (χ4n) is 3.00. The second kappa shape index (κ2) is 17.5. The van der Waals surface area contributed by atoms with Gasteiger partial charge < -0.3 is 5.11 Å². The average molecular weight is 385 g/mol. The van der Waals surface area contributed by atoms with Gasteiger partial charge in [0.05, 0.1) is 6.61 Å². The van der Waals surface area contributed by atoms with Crippen LogP contribution in [0, 0.1) is 0 Å². The van der Waals surface area contributed by atoms with Gasteiger partial charge in [0.2, 0.25) is 0 Å². The lowest BCUT2D eigenvalue weighted by Gasteiger charge is -2.03. The highest BCUT2D eigenvalue weighted by atomic mass is 16.3. The van der Waals surface area contributed by atoms with Crippen molar-refractivity contribution in [3.8, 4) is 0 Å². The summed E-state index contributed by atoms with van der Waals surface area (Å²) in [5.41, 5.74) is 6.93. The second-order valence-corrected chi connectivity index (χ2v) is 8.14. The Morgan fingerprint density at radius 2 is 1.07 bits per heavy atom. The Balaban J connectivity index is 4.08. The Morgan fingerprint density at radius 3 is 1.50 bits per heavy atom. The topological polar surface area (TPSA) is 20.2 Å². The zero-order chi connectivity index (χ0) is 21.2. The Hall–Kier alpha value is -1.60. The average Bonchev–Trinajstić information content (AvgIpc) is 2.64. The Bertz CT molecular complexity index is 577. The van der Waals surface area contributed by atoms with Gasteiger partial charge in [-0.3, -0.25) is 0 Å². The van der Waals surface area contributed by atoms with E-state index in [9.17, 15) is 5.11 Å². The molecule has 0 atom stereocenters. The molecule has 0 aliphatic heterocycles. The van der Waals surface area contributed by atoms with E-state index in [-0.39, 0.29) is 6.61 Å². The number of hydrogen-bond acceptors (Lipinski definition) is 1. The molecular weight excluding hydrogens is 340 g/mol. The summed E-state index contributed by atoms with van der Waals surface area (Å²) < 4.78 is 0. The van der Waals surface area contributed by atoms with Gasteiger partial charge in [0.1, 0.15) is 0 Å². The molecule has 158 valence electrons. The highest BCUT2D eigenvalue weighted by Crippen LogP contribution is 2.14. The lowest BCUT2D eigenvalue weighted by Crippen LogP contribution is -1.89. The van der Waals surface area contributed by atoms with E-state index in [1.165, 1.54) is 35.1 Å². The molecule has 1 heteroatoms. The number of hydrogen-bond donors (Lipinski definition) is 1. The molecule has 0 saturated carbocycles. The van der Waals surface area contributed by atoms with Crippen LogP contribution in [-0.4, -0.2) is 11.7 Å². The first-order valence-corrected chi connectivity index (χ1v) is 10.9. The lowest BCUT2D eigenvalue weighted by molar-refractivity contribution is 0.328. The fourth-order valence-corrected chi connectivity index (χ4v) is 3.00. The lowest BCUT2D eigenvalue weighted by atomic mass is 10.0. The van der Waals surface area contributed by atoms with Crippen molar-refractivity contribution in [2.75, 3.05) is 6.61 Å². The van der Waals surface area contributed by atoms with Crippen LogP contribution in [0.1, 0.15) is 92.4 Å². The maximum Gasteiger partial charge on any atom is 0.0644 e. The number of aliphatic hydroxyl groups excluding tert-OH is 1. The van der Waals surface area contributed by atoms with E-state index in [4.69, 9.17) is 0 Å². The predicted octanol–water partition coefficient (Wildman–Crippen LogP) is 8.41. The molecule has 28 heavy (non-hydrogen) atoms. The monoisotopic (exact) mass is 384 g/mol. The molecule has 0 bridgehead atoms. The third kappa shape index (κ3) is 16.6. The van der Waals surface area contributed by atoms with E-state index in [0.717, 1.165) is 50.5 Å². The van der Waals surface area contributed by atoms with Gasteiger partial charge in [0.25, 0.3) is 0 Å². The van der Waals surface area contributed by atoms with E-state index < -0.39 is 0 Å². The van der Waals surface area contributed by atoms with Gasteiger partial charge in [0, 0.05) is 0 Å². The quantitative estimate of drug-likeness (QED) is 0.222. The molecule has 0 unspecified atom stereocenters. The summed E-state index contributed by atoms with van der Waals surface area (Å²) in [6.07, 6.45) is 23.2. The third-order valence-corrected chi connectivity index (χ3v) is 4.86. The Kier molecular flexibility index (Phi) is 16.5. The van der Waals surface area contributed by atoms with Crippen LogP contribution in [0.3, 0.4) is 0 Å². The van der Waals surface area contributed by atoms with Crippen molar-refractivity contribution in [1.82, 2.24) is 0 Å². The Labute approximate surface area is 175 Å². The van der Waals surface area contributed by atoms with Crippen molar-refractivity contribution < 1.29 is 5.11 Å². The number of rotatable bonds is 15. The van der Waals surface area contributed by atoms with Gasteiger partial charge >= 0.3 is 0 Å². The van der Waals surface area contributed by atoms with Crippen molar-refractivity contribution >= 4 is 0 Å². The Morgan fingerprint density at radius 1 is 0.643 bits per heavy atom. The van der Waals surface area contributed by atoms with Crippen molar-refractivity contribution in [3.05, 3.63) is 70.9 Å². The van der Waals surface area contributed by atoms with Crippen LogP contribution in [0.15, 0.2) is 70.9 Å². The molecule has 0 aromatic heterocycles. The molecule has 0 rings (SSSR count). The van der Waals surface area contributed by atoms with Gasteiger partial charge in [-0.2, -0.15) is 0 Å². The van der Waals surface area contributed by atoms with Crippen molar-refractivity contribution in [1.29, 1.82) is 0 Å². The first-order valence-electron chi connectivity index (χ1n) is 10.9. The molecule has 0 aromatic rings. The van der Waals surface area contributed by atoms with Crippen LogP contribution in [-0.2, 0) is 0 Å². The molecule has 0 fully saturated rings. The fraction of sp³-hybridized carbons (Fsp3) is 0.556. The van der Waals surface area contributed by atoms with Crippen molar-refractivity contribution in [2.45, 2.75) is 92.4 Å².